The largest absolute Gasteiger partial charge is 0.381 e. The predicted molar refractivity (Wildman–Crippen MR) is 83.2 cm³/mol. The predicted octanol–water partition coefficient (Wildman–Crippen LogP) is 4.86. The Balaban J connectivity index is 2.00. The summed E-state index contributed by atoms with van der Waals surface area (Å²) in [7, 11) is 0. The van der Waals surface area contributed by atoms with Crippen LogP contribution in [0.5, 0.6) is 0 Å². The molecule has 1 aliphatic carbocycles. The number of aliphatic hydroxyl groups is 1. The number of benzene rings is 2. The van der Waals surface area contributed by atoms with Crippen LogP contribution < -0.4 is 0 Å². The number of hydrogen-bond acceptors (Lipinski definition) is 1. The van der Waals surface area contributed by atoms with Gasteiger partial charge in [-0.15, -0.1) is 0 Å². The zero-order chi connectivity index (χ0) is 14.2. The third-order valence-corrected chi connectivity index (χ3v) is 4.75. The van der Waals surface area contributed by atoms with Gasteiger partial charge in [0.15, 0.2) is 0 Å². The molecule has 2 aromatic carbocycles. The van der Waals surface area contributed by atoms with Gasteiger partial charge in [-0.1, -0.05) is 60.5 Å². The van der Waals surface area contributed by atoms with Crippen LogP contribution in [0.3, 0.4) is 0 Å². The maximum atomic E-state index is 11.0. The maximum Gasteiger partial charge on any atom is 0.113 e. The van der Waals surface area contributed by atoms with Crippen LogP contribution in [0.25, 0.3) is 0 Å². The monoisotopic (exact) mass is 286 g/mol. The molecule has 1 nitrogen and oxygen atoms in total. The van der Waals surface area contributed by atoms with E-state index >= 15 is 0 Å². The highest BCUT2D eigenvalue weighted by Gasteiger charge is 2.29. The van der Waals surface area contributed by atoms with E-state index < -0.39 is 5.60 Å². The van der Waals surface area contributed by atoms with Gasteiger partial charge in [-0.3, -0.25) is 0 Å². The number of rotatable bonds is 3. The lowest BCUT2D eigenvalue weighted by Crippen LogP contribution is -2.23. The van der Waals surface area contributed by atoms with Crippen molar-refractivity contribution >= 4 is 11.6 Å². The topological polar surface area (TPSA) is 20.2 Å². The Hall–Kier alpha value is -1.31. The second-order valence-corrected chi connectivity index (χ2v) is 6.21. The molecule has 20 heavy (non-hydrogen) atoms. The van der Waals surface area contributed by atoms with E-state index in [1.54, 1.807) is 0 Å². The van der Waals surface area contributed by atoms with Crippen LogP contribution in [0.4, 0.5) is 0 Å². The van der Waals surface area contributed by atoms with E-state index in [0.717, 1.165) is 11.1 Å². The fourth-order valence-corrected chi connectivity index (χ4v) is 3.17. The summed E-state index contributed by atoms with van der Waals surface area (Å²) in [4.78, 5) is 0. The van der Waals surface area contributed by atoms with Crippen LogP contribution in [0.15, 0.2) is 48.5 Å². The SMILES string of the molecule is CC(O)(c1cccc(C2CCC2)c1)c1ccccc1Cl. The molecule has 1 fully saturated rings. The molecule has 0 amide bonds. The molecule has 1 atom stereocenters. The molecule has 0 saturated heterocycles. The van der Waals surface area contributed by atoms with Gasteiger partial charge >= 0.3 is 0 Å². The van der Waals surface area contributed by atoms with Gasteiger partial charge in [0.2, 0.25) is 0 Å². The molecule has 0 heterocycles. The molecule has 1 unspecified atom stereocenters. The molecular formula is C18H19ClO. The van der Waals surface area contributed by atoms with Crippen molar-refractivity contribution in [3.63, 3.8) is 0 Å². The van der Waals surface area contributed by atoms with Crippen molar-refractivity contribution < 1.29 is 5.11 Å². The quantitative estimate of drug-likeness (QED) is 0.854. The van der Waals surface area contributed by atoms with Crippen LogP contribution >= 0.6 is 11.6 Å². The lowest BCUT2D eigenvalue weighted by Gasteiger charge is -2.29. The van der Waals surface area contributed by atoms with Crippen molar-refractivity contribution in [2.45, 2.75) is 37.7 Å². The van der Waals surface area contributed by atoms with Gasteiger partial charge in [0.05, 0.1) is 0 Å². The summed E-state index contributed by atoms with van der Waals surface area (Å²) in [5, 5.41) is 11.6. The van der Waals surface area contributed by atoms with Crippen molar-refractivity contribution in [3.8, 4) is 0 Å². The Kier molecular flexibility index (Phi) is 3.57. The van der Waals surface area contributed by atoms with E-state index in [9.17, 15) is 5.11 Å². The minimum absolute atomic E-state index is 0.603. The summed E-state index contributed by atoms with van der Waals surface area (Å²) in [6.07, 6.45) is 3.84. The summed E-state index contributed by atoms with van der Waals surface area (Å²) < 4.78 is 0. The first-order valence-electron chi connectivity index (χ1n) is 7.17. The molecule has 0 aliphatic heterocycles. The van der Waals surface area contributed by atoms with Gasteiger partial charge < -0.3 is 5.11 Å². The summed E-state index contributed by atoms with van der Waals surface area (Å²) >= 11 is 6.24. The fraction of sp³-hybridized carbons (Fsp3) is 0.333. The molecule has 0 spiro atoms. The third-order valence-electron chi connectivity index (χ3n) is 4.42. The molecule has 3 rings (SSSR count). The van der Waals surface area contributed by atoms with Crippen molar-refractivity contribution in [1.29, 1.82) is 0 Å². The van der Waals surface area contributed by atoms with E-state index in [4.69, 9.17) is 11.6 Å². The van der Waals surface area contributed by atoms with Crippen molar-refractivity contribution in [3.05, 3.63) is 70.2 Å². The second-order valence-electron chi connectivity index (χ2n) is 5.81. The Morgan fingerprint density at radius 2 is 1.85 bits per heavy atom. The first kappa shape index (κ1) is 13.7. The molecule has 1 N–H and O–H groups in total. The average Bonchev–Trinajstić information content (AvgIpc) is 2.37. The van der Waals surface area contributed by atoms with Crippen LogP contribution in [0, 0.1) is 0 Å². The average molecular weight is 287 g/mol. The van der Waals surface area contributed by atoms with Crippen molar-refractivity contribution in [1.82, 2.24) is 0 Å². The molecule has 0 aromatic heterocycles. The van der Waals surface area contributed by atoms with E-state index in [1.807, 2.05) is 43.3 Å². The van der Waals surface area contributed by atoms with E-state index in [-0.39, 0.29) is 0 Å². The van der Waals surface area contributed by atoms with Gasteiger partial charge in [0, 0.05) is 10.6 Å². The van der Waals surface area contributed by atoms with Crippen LogP contribution in [0.1, 0.15) is 48.8 Å². The van der Waals surface area contributed by atoms with Crippen molar-refractivity contribution in [2.75, 3.05) is 0 Å². The molecular weight excluding hydrogens is 268 g/mol. The molecule has 2 aromatic rings. The standard InChI is InChI=1S/C18H19ClO/c1-18(20,16-10-2-3-11-17(16)19)15-9-5-8-14(12-15)13-6-4-7-13/h2-3,5,8-13,20H,4,6-7H2,1H3. The van der Waals surface area contributed by atoms with E-state index in [2.05, 4.69) is 12.1 Å². The van der Waals surface area contributed by atoms with Crippen LogP contribution in [-0.4, -0.2) is 5.11 Å². The molecule has 1 aliphatic rings. The first-order chi connectivity index (χ1) is 9.59. The van der Waals surface area contributed by atoms with Crippen LogP contribution in [-0.2, 0) is 5.60 Å². The lowest BCUT2D eigenvalue weighted by molar-refractivity contribution is 0.102. The highest BCUT2D eigenvalue weighted by Crippen LogP contribution is 2.39. The Bertz CT molecular complexity index is 614. The molecule has 0 radical (unpaired) electrons. The number of halogens is 1. The summed E-state index contributed by atoms with van der Waals surface area (Å²) in [5.41, 5.74) is 1.95. The van der Waals surface area contributed by atoms with Crippen molar-refractivity contribution in [2.24, 2.45) is 0 Å². The van der Waals surface area contributed by atoms with E-state index in [1.165, 1.54) is 24.8 Å². The van der Waals surface area contributed by atoms with Gasteiger partial charge in [0.1, 0.15) is 5.60 Å². The molecule has 104 valence electrons. The van der Waals surface area contributed by atoms with Gasteiger partial charge in [-0.25, -0.2) is 0 Å². The molecule has 0 bridgehead atoms. The highest BCUT2D eigenvalue weighted by molar-refractivity contribution is 6.31. The summed E-state index contributed by atoms with van der Waals surface area (Å²) in [5.74, 6) is 0.664. The zero-order valence-electron chi connectivity index (χ0n) is 11.6. The minimum Gasteiger partial charge on any atom is -0.381 e. The summed E-state index contributed by atoms with van der Waals surface area (Å²) in [6, 6.07) is 15.8. The van der Waals surface area contributed by atoms with Gasteiger partial charge in [-0.05, 0) is 42.9 Å². The zero-order valence-corrected chi connectivity index (χ0v) is 12.4. The maximum absolute atomic E-state index is 11.0. The highest BCUT2D eigenvalue weighted by atomic mass is 35.5. The van der Waals surface area contributed by atoms with E-state index in [0.29, 0.717) is 10.9 Å². The first-order valence-corrected chi connectivity index (χ1v) is 7.54. The Morgan fingerprint density at radius 1 is 1.10 bits per heavy atom. The third kappa shape index (κ3) is 2.36. The van der Waals surface area contributed by atoms with Crippen LogP contribution in [0.2, 0.25) is 5.02 Å². The Labute approximate surface area is 125 Å². The minimum atomic E-state index is -1.06. The normalized spacial score (nSPS) is 18.4. The second kappa shape index (κ2) is 5.23. The van der Waals surface area contributed by atoms with Gasteiger partial charge in [-0.2, -0.15) is 0 Å². The summed E-state index contributed by atoms with van der Waals surface area (Å²) in [6.45, 7) is 1.81. The molecule has 2 heteroatoms. The number of hydrogen-bond donors (Lipinski definition) is 1. The smallest absolute Gasteiger partial charge is 0.113 e. The fourth-order valence-electron chi connectivity index (χ4n) is 2.85. The lowest BCUT2D eigenvalue weighted by atomic mass is 9.78. The molecule has 1 saturated carbocycles. The van der Waals surface area contributed by atoms with Gasteiger partial charge in [0.25, 0.3) is 0 Å². The Morgan fingerprint density at radius 3 is 2.50 bits per heavy atom.